The van der Waals surface area contributed by atoms with E-state index < -0.39 is 5.97 Å². The van der Waals surface area contributed by atoms with E-state index in [0.29, 0.717) is 12.5 Å². The summed E-state index contributed by atoms with van der Waals surface area (Å²) in [5, 5.41) is 11.5. The van der Waals surface area contributed by atoms with Gasteiger partial charge in [-0.3, -0.25) is 9.59 Å². The first-order valence-electron chi connectivity index (χ1n) is 6.02. The number of rotatable bonds is 7. The van der Waals surface area contributed by atoms with Crippen LogP contribution >= 0.6 is 0 Å². The zero-order valence-corrected chi connectivity index (χ0v) is 10.7. The smallest absolute Gasteiger partial charge is 0.303 e. The lowest BCUT2D eigenvalue weighted by Gasteiger charge is -2.17. The van der Waals surface area contributed by atoms with Crippen molar-refractivity contribution in [2.45, 2.75) is 26.7 Å². The van der Waals surface area contributed by atoms with Crippen LogP contribution in [0.2, 0.25) is 0 Å². The number of carbonyl (C=O) groups excluding carboxylic acids is 1. The molecule has 1 aromatic heterocycles. The highest BCUT2D eigenvalue weighted by Gasteiger charge is 2.17. The fraction of sp³-hybridized carbons (Fsp3) is 0.538. The SMILES string of the molecule is CC(C)C[C@H](CNC(=O)c1ccco1)CC(=O)O. The van der Waals surface area contributed by atoms with Crippen molar-refractivity contribution in [3.63, 3.8) is 0 Å². The third kappa shape index (κ3) is 5.03. The van der Waals surface area contributed by atoms with Crippen molar-refractivity contribution >= 4 is 11.9 Å². The van der Waals surface area contributed by atoms with Crippen molar-refractivity contribution in [1.82, 2.24) is 5.32 Å². The average molecular weight is 253 g/mol. The monoisotopic (exact) mass is 253 g/mol. The van der Waals surface area contributed by atoms with E-state index >= 15 is 0 Å². The Kier molecular flexibility index (Phi) is 5.42. The average Bonchev–Trinajstić information content (AvgIpc) is 2.77. The molecule has 0 aromatic carbocycles. The van der Waals surface area contributed by atoms with Gasteiger partial charge in [0.15, 0.2) is 5.76 Å². The molecule has 0 spiro atoms. The van der Waals surface area contributed by atoms with Crippen molar-refractivity contribution in [3.8, 4) is 0 Å². The predicted octanol–water partition coefficient (Wildman–Crippen LogP) is 2.15. The van der Waals surface area contributed by atoms with Gasteiger partial charge >= 0.3 is 5.97 Å². The Bertz CT molecular complexity index is 384. The zero-order chi connectivity index (χ0) is 13.5. The van der Waals surface area contributed by atoms with Crippen LogP contribution in [-0.2, 0) is 4.79 Å². The molecular weight excluding hydrogens is 234 g/mol. The molecular formula is C13H19NO4. The summed E-state index contributed by atoms with van der Waals surface area (Å²) in [6.07, 6.45) is 2.26. The number of amides is 1. The van der Waals surface area contributed by atoms with Gasteiger partial charge in [-0.1, -0.05) is 13.8 Å². The third-order valence-electron chi connectivity index (χ3n) is 2.56. The van der Waals surface area contributed by atoms with Crippen molar-refractivity contribution in [2.24, 2.45) is 11.8 Å². The fourth-order valence-corrected chi connectivity index (χ4v) is 1.88. The molecule has 0 aliphatic rings. The fourth-order valence-electron chi connectivity index (χ4n) is 1.88. The van der Waals surface area contributed by atoms with Crippen LogP contribution in [-0.4, -0.2) is 23.5 Å². The number of nitrogens with one attached hydrogen (secondary N) is 1. The van der Waals surface area contributed by atoms with E-state index in [9.17, 15) is 9.59 Å². The first-order chi connectivity index (χ1) is 8.49. The number of carboxylic acids is 1. The number of carboxylic acid groups (broad SMARTS) is 1. The maximum Gasteiger partial charge on any atom is 0.303 e. The van der Waals surface area contributed by atoms with Gasteiger partial charge in [-0.05, 0) is 30.4 Å². The highest BCUT2D eigenvalue weighted by atomic mass is 16.4. The summed E-state index contributed by atoms with van der Waals surface area (Å²) < 4.78 is 4.96. The van der Waals surface area contributed by atoms with E-state index in [2.05, 4.69) is 5.32 Å². The van der Waals surface area contributed by atoms with Crippen molar-refractivity contribution in [1.29, 1.82) is 0 Å². The van der Waals surface area contributed by atoms with E-state index in [-0.39, 0.29) is 24.0 Å². The summed E-state index contributed by atoms with van der Waals surface area (Å²) in [6, 6.07) is 3.21. The van der Waals surface area contributed by atoms with Crippen LogP contribution in [0.15, 0.2) is 22.8 Å². The van der Waals surface area contributed by atoms with Crippen molar-refractivity contribution in [2.75, 3.05) is 6.54 Å². The molecule has 1 heterocycles. The molecule has 100 valence electrons. The normalized spacial score (nSPS) is 12.4. The molecule has 1 atom stereocenters. The maximum atomic E-state index is 11.6. The van der Waals surface area contributed by atoms with Crippen LogP contribution in [0.4, 0.5) is 0 Å². The minimum absolute atomic E-state index is 0.0542. The van der Waals surface area contributed by atoms with Crippen LogP contribution in [0, 0.1) is 11.8 Å². The van der Waals surface area contributed by atoms with Gasteiger partial charge in [-0.15, -0.1) is 0 Å². The lowest BCUT2D eigenvalue weighted by Crippen LogP contribution is -2.30. The summed E-state index contributed by atoms with van der Waals surface area (Å²) in [5.74, 6) is -0.558. The van der Waals surface area contributed by atoms with Crippen LogP contribution in [0.5, 0.6) is 0 Å². The molecule has 1 aromatic rings. The number of furan rings is 1. The van der Waals surface area contributed by atoms with Crippen LogP contribution in [0.25, 0.3) is 0 Å². The Balaban J connectivity index is 2.45. The van der Waals surface area contributed by atoms with E-state index in [1.807, 2.05) is 13.8 Å². The number of hydrogen-bond acceptors (Lipinski definition) is 3. The molecule has 1 rings (SSSR count). The molecule has 0 radical (unpaired) electrons. The first-order valence-corrected chi connectivity index (χ1v) is 6.02. The van der Waals surface area contributed by atoms with Gasteiger partial charge in [0, 0.05) is 13.0 Å². The second-order valence-corrected chi connectivity index (χ2v) is 4.78. The Hall–Kier alpha value is -1.78. The highest BCUT2D eigenvalue weighted by molar-refractivity contribution is 5.91. The number of carbonyl (C=O) groups is 2. The second-order valence-electron chi connectivity index (χ2n) is 4.78. The first kappa shape index (κ1) is 14.3. The molecule has 0 unspecified atom stereocenters. The van der Waals surface area contributed by atoms with E-state index in [0.717, 1.165) is 6.42 Å². The van der Waals surface area contributed by atoms with Crippen LogP contribution in [0.1, 0.15) is 37.2 Å². The number of aliphatic carboxylic acids is 1. The van der Waals surface area contributed by atoms with Gasteiger partial charge < -0.3 is 14.8 Å². The molecule has 0 bridgehead atoms. The molecule has 2 N–H and O–H groups in total. The Labute approximate surface area is 106 Å². The zero-order valence-electron chi connectivity index (χ0n) is 10.7. The molecule has 0 aliphatic carbocycles. The molecule has 5 nitrogen and oxygen atoms in total. The lowest BCUT2D eigenvalue weighted by molar-refractivity contribution is -0.138. The largest absolute Gasteiger partial charge is 0.481 e. The van der Waals surface area contributed by atoms with Gasteiger partial charge in [0.2, 0.25) is 0 Å². The standard InChI is InChI=1S/C13H19NO4/c1-9(2)6-10(7-12(15)16)8-14-13(17)11-4-3-5-18-11/h3-5,9-10H,6-8H2,1-2H3,(H,14,17)(H,15,16)/t10-/m0/s1. The summed E-state index contributed by atoms with van der Waals surface area (Å²) in [5.41, 5.74) is 0. The van der Waals surface area contributed by atoms with Gasteiger partial charge in [0.1, 0.15) is 0 Å². The second kappa shape index (κ2) is 6.83. The summed E-state index contributed by atoms with van der Waals surface area (Å²) in [4.78, 5) is 22.4. The summed E-state index contributed by atoms with van der Waals surface area (Å²) >= 11 is 0. The van der Waals surface area contributed by atoms with E-state index in [1.54, 1.807) is 12.1 Å². The minimum Gasteiger partial charge on any atom is -0.481 e. The van der Waals surface area contributed by atoms with Crippen LogP contribution in [0.3, 0.4) is 0 Å². The van der Waals surface area contributed by atoms with Crippen LogP contribution < -0.4 is 5.32 Å². The van der Waals surface area contributed by atoms with E-state index in [1.165, 1.54) is 6.26 Å². The van der Waals surface area contributed by atoms with Gasteiger partial charge in [-0.2, -0.15) is 0 Å². The lowest BCUT2D eigenvalue weighted by atomic mass is 9.94. The molecule has 0 saturated carbocycles. The number of hydrogen-bond donors (Lipinski definition) is 2. The van der Waals surface area contributed by atoms with Crippen molar-refractivity contribution in [3.05, 3.63) is 24.2 Å². The minimum atomic E-state index is -0.840. The van der Waals surface area contributed by atoms with E-state index in [4.69, 9.17) is 9.52 Å². The van der Waals surface area contributed by atoms with Gasteiger partial charge in [0.25, 0.3) is 5.91 Å². The third-order valence-corrected chi connectivity index (χ3v) is 2.56. The molecule has 0 aliphatic heterocycles. The van der Waals surface area contributed by atoms with Gasteiger partial charge in [-0.25, -0.2) is 0 Å². The highest BCUT2D eigenvalue weighted by Crippen LogP contribution is 2.15. The molecule has 5 heteroatoms. The predicted molar refractivity (Wildman–Crippen MR) is 66.2 cm³/mol. The van der Waals surface area contributed by atoms with Crippen molar-refractivity contribution < 1.29 is 19.1 Å². The molecule has 1 amide bonds. The molecule has 18 heavy (non-hydrogen) atoms. The quantitative estimate of drug-likeness (QED) is 0.780. The molecule has 0 saturated heterocycles. The maximum absolute atomic E-state index is 11.6. The summed E-state index contributed by atoms with van der Waals surface area (Å²) in [7, 11) is 0. The van der Waals surface area contributed by atoms with Gasteiger partial charge in [0.05, 0.1) is 6.26 Å². The molecule has 0 fully saturated rings. The Morgan fingerprint density at radius 2 is 2.17 bits per heavy atom. The Morgan fingerprint density at radius 1 is 1.44 bits per heavy atom. The Morgan fingerprint density at radius 3 is 2.67 bits per heavy atom. The topological polar surface area (TPSA) is 79.5 Å². The summed E-state index contributed by atoms with van der Waals surface area (Å²) in [6.45, 7) is 4.41.